The van der Waals surface area contributed by atoms with E-state index in [0.29, 0.717) is 63.6 Å². The van der Waals surface area contributed by atoms with Gasteiger partial charge in [0, 0.05) is 39.3 Å². The zero-order chi connectivity index (χ0) is 23.4. The summed E-state index contributed by atoms with van der Waals surface area (Å²) < 4.78 is 47.2. The van der Waals surface area contributed by atoms with Gasteiger partial charge in [0.2, 0.25) is 15.9 Å². The first kappa shape index (κ1) is 23.5. The van der Waals surface area contributed by atoms with Crippen LogP contribution < -0.4 is 9.64 Å². The predicted molar refractivity (Wildman–Crippen MR) is 124 cm³/mol. The number of nitrogens with zero attached hydrogens (tertiary/aromatic N) is 3. The summed E-state index contributed by atoms with van der Waals surface area (Å²) in [5, 5.41) is 0. The first-order valence-electron chi connectivity index (χ1n) is 11.4. The van der Waals surface area contributed by atoms with Crippen LogP contribution in [0.1, 0.15) is 19.8 Å². The van der Waals surface area contributed by atoms with Crippen LogP contribution in [0.3, 0.4) is 0 Å². The van der Waals surface area contributed by atoms with E-state index < -0.39 is 10.0 Å². The zero-order valence-electron chi connectivity index (χ0n) is 18.8. The number of benzene rings is 2. The number of sulfonamides is 1. The fourth-order valence-electron chi connectivity index (χ4n) is 4.52. The van der Waals surface area contributed by atoms with Crippen LogP contribution in [-0.4, -0.2) is 69.4 Å². The fraction of sp³-hybridized carbons (Fsp3) is 0.458. The average molecular weight is 476 g/mol. The molecule has 0 spiro atoms. The third-order valence-electron chi connectivity index (χ3n) is 6.29. The Morgan fingerprint density at radius 3 is 2.39 bits per heavy atom. The molecule has 2 aliphatic heterocycles. The van der Waals surface area contributed by atoms with Crippen LogP contribution in [0.4, 0.5) is 10.1 Å². The Hall–Kier alpha value is -2.65. The molecule has 2 heterocycles. The number of hydrogen-bond acceptors (Lipinski definition) is 5. The molecule has 178 valence electrons. The lowest BCUT2D eigenvalue weighted by molar-refractivity contribution is -0.137. The predicted octanol–water partition coefficient (Wildman–Crippen LogP) is 2.97. The Kier molecular flexibility index (Phi) is 7.19. The smallest absolute Gasteiger partial charge is 0.243 e. The number of amides is 1. The summed E-state index contributed by atoms with van der Waals surface area (Å²) in [4.78, 5) is 17.1. The first-order chi connectivity index (χ1) is 15.9. The van der Waals surface area contributed by atoms with Gasteiger partial charge in [0.1, 0.15) is 11.6 Å². The second-order valence-electron chi connectivity index (χ2n) is 8.37. The normalized spacial score (nSPS) is 20.0. The van der Waals surface area contributed by atoms with Crippen LogP contribution in [-0.2, 0) is 14.8 Å². The number of rotatable bonds is 6. The maximum absolute atomic E-state index is 14.1. The standard InChI is InChI=1S/C24H30FN3O4S/c1-2-32-20-9-11-21(12-10-20)33(30,31)28-13-5-6-19(18-28)24(29)27-16-14-26(15-17-27)23-8-4-3-7-22(23)25/h3-4,7-12,19H,2,5-6,13-18H2,1H3/t19-/m0/s1. The van der Waals surface area contributed by atoms with Crippen molar-refractivity contribution in [1.29, 1.82) is 0 Å². The van der Waals surface area contributed by atoms with Gasteiger partial charge in [-0.05, 0) is 56.2 Å². The van der Waals surface area contributed by atoms with Crippen molar-refractivity contribution in [2.24, 2.45) is 5.92 Å². The number of carbonyl (C=O) groups is 1. The number of ether oxygens (including phenoxy) is 1. The SMILES string of the molecule is CCOc1ccc(S(=O)(=O)N2CCC[C@H](C(=O)N3CCN(c4ccccc4F)CC3)C2)cc1. The summed E-state index contributed by atoms with van der Waals surface area (Å²) in [5.74, 6) is -0.0246. The fourth-order valence-corrected chi connectivity index (χ4v) is 6.04. The molecule has 0 unspecified atom stereocenters. The van der Waals surface area contributed by atoms with Gasteiger partial charge >= 0.3 is 0 Å². The second-order valence-corrected chi connectivity index (χ2v) is 10.3. The van der Waals surface area contributed by atoms with Crippen molar-refractivity contribution in [1.82, 2.24) is 9.21 Å². The summed E-state index contributed by atoms with van der Waals surface area (Å²) in [6.45, 7) is 5.06. The van der Waals surface area contributed by atoms with Gasteiger partial charge in [0.25, 0.3) is 0 Å². The van der Waals surface area contributed by atoms with Crippen LogP contribution in [0, 0.1) is 11.7 Å². The van der Waals surface area contributed by atoms with Gasteiger partial charge in [0.15, 0.2) is 0 Å². The van der Waals surface area contributed by atoms with Crippen LogP contribution in [0.25, 0.3) is 0 Å². The molecule has 0 aliphatic carbocycles. The molecule has 2 fully saturated rings. The molecule has 2 aromatic rings. The highest BCUT2D eigenvalue weighted by molar-refractivity contribution is 7.89. The third kappa shape index (κ3) is 5.14. The maximum Gasteiger partial charge on any atom is 0.243 e. The van der Waals surface area contributed by atoms with Crippen molar-refractivity contribution in [2.45, 2.75) is 24.7 Å². The monoisotopic (exact) mass is 475 g/mol. The van der Waals surface area contributed by atoms with Gasteiger partial charge in [-0.15, -0.1) is 0 Å². The van der Waals surface area contributed by atoms with Crippen LogP contribution >= 0.6 is 0 Å². The Balaban J connectivity index is 1.38. The molecular formula is C24H30FN3O4S. The van der Waals surface area contributed by atoms with Crippen molar-refractivity contribution in [3.63, 3.8) is 0 Å². The molecule has 9 heteroatoms. The molecule has 7 nitrogen and oxygen atoms in total. The molecule has 0 radical (unpaired) electrons. The van der Waals surface area contributed by atoms with Gasteiger partial charge in [-0.1, -0.05) is 12.1 Å². The number of piperazine rings is 1. The van der Waals surface area contributed by atoms with E-state index in [2.05, 4.69) is 0 Å². The minimum atomic E-state index is -3.68. The summed E-state index contributed by atoms with van der Waals surface area (Å²) >= 11 is 0. The molecule has 1 atom stereocenters. The number of para-hydroxylation sites is 1. The van der Waals surface area contributed by atoms with Gasteiger partial charge in [-0.25, -0.2) is 12.8 Å². The topological polar surface area (TPSA) is 70.2 Å². The highest BCUT2D eigenvalue weighted by atomic mass is 32.2. The molecule has 0 aromatic heterocycles. The Morgan fingerprint density at radius 1 is 1.03 bits per heavy atom. The maximum atomic E-state index is 14.1. The van der Waals surface area contributed by atoms with Crippen LogP contribution in [0.5, 0.6) is 5.75 Å². The van der Waals surface area contributed by atoms with E-state index in [1.54, 1.807) is 47.4 Å². The van der Waals surface area contributed by atoms with E-state index in [-0.39, 0.29) is 29.1 Å². The van der Waals surface area contributed by atoms with Crippen molar-refractivity contribution in [3.05, 3.63) is 54.3 Å². The summed E-state index contributed by atoms with van der Waals surface area (Å²) in [6.07, 6.45) is 1.31. The number of anilines is 1. The molecule has 0 bridgehead atoms. The number of hydrogen-bond donors (Lipinski definition) is 0. The van der Waals surface area contributed by atoms with E-state index in [1.807, 2.05) is 11.8 Å². The molecule has 0 N–H and O–H groups in total. The summed E-state index contributed by atoms with van der Waals surface area (Å²) in [6, 6.07) is 13.1. The molecule has 1 amide bonds. The van der Waals surface area contributed by atoms with Crippen molar-refractivity contribution >= 4 is 21.6 Å². The van der Waals surface area contributed by atoms with Crippen molar-refractivity contribution in [2.75, 3.05) is 50.8 Å². The van der Waals surface area contributed by atoms with Crippen molar-refractivity contribution < 1.29 is 22.3 Å². The largest absolute Gasteiger partial charge is 0.494 e. The quantitative estimate of drug-likeness (QED) is 0.643. The molecule has 2 aliphatic rings. The number of halogens is 1. The molecular weight excluding hydrogens is 445 g/mol. The highest BCUT2D eigenvalue weighted by Crippen LogP contribution is 2.27. The molecule has 2 aromatic carbocycles. The lowest BCUT2D eigenvalue weighted by Gasteiger charge is -2.39. The summed E-state index contributed by atoms with van der Waals surface area (Å²) in [5.41, 5.74) is 0.551. The van der Waals surface area contributed by atoms with E-state index in [9.17, 15) is 17.6 Å². The second kappa shape index (κ2) is 10.1. The van der Waals surface area contributed by atoms with Gasteiger partial charge in [-0.2, -0.15) is 4.31 Å². The average Bonchev–Trinajstić information content (AvgIpc) is 2.85. The number of piperidine rings is 1. The number of carbonyl (C=O) groups excluding carboxylic acids is 1. The minimum Gasteiger partial charge on any atom is -0.494 e. The van der Waals surface area contributed by atoms with E-state index in [1.165, 1.54) is 10.4 Å². The lowest BCUT2D eigenvalue weighted by Crippen LogP contribution is -2.53. The first-order valence-corrected chi connectivity index (χ1v) is 12.9. The van der Waals surface area contributed by atoms with E-state index in [4.69, 9.17) is 4.74 Å². The van der Waals surface area contributed by atoms with Crippen LogP contribution in [0.15, 0.2) is 53.4 Å². The van der Waals surface area contributed by atoms with Crippen LogP contribution in [0.2, 0.25) is 0 Å². The minimum absolute atomic E-state index is 0.0187. The van der Waals surface area contributed by atoms with E-state index >= 15 is 0 Å². The zero-order valence-corrected chi connectivity index (χ0v) is 19.6. The third-order valence-corrected chi connectivity index (χ3v) is 8.17. The Bertz CT molecular complexity index is 1070. The molecule has 2 saturated heterocycles. The van der Waals surface area contributed by atoms with Crippen molar-refractivity contribution in [3.8, 4) is 5.75 Å². The molecule has 4 rings (SSSR count). The van der Waals surface area contributed by atoms with Gasteiger partial charge in [-0.3, -0.25) is 4.79 Å². The molecule has 33 heavy (non-hydrogen) atoms. The molecule has 0 saturated carbocycles. The highest BCUT2D eigenvalue weighted by Gasteiger charge is 2.36. The Morgan fingerprint density at radius 2 is 1.73 bits per heavy atom. The van der Waals surface area contributed by atoms with Gasteiger partial charge < -0.3 is 14.5 Å². The van der Waals surface area contributed by atoms with Gasteiger partial charge in [0.05, 0.1) is 23.1 Å². The lowest BCUT2D eigenvalue weighted by atomic mass is 9.97. The summed E-state index contributed by atoms with van der Waals surface area (Å²) in [7, 11) is -3.68. The Labute approximate surface area is 194 Å². The van der Waals surface area contributed by atoms with E-state index in [0.717, 1.165) is 0 Å².